The summed E-state index contributed by atoms with van der Waals surface area (Å²) in [5.74, 6) is 1.77. The smallest absolute Gasteiger partial charge is 0.126 e. The van der Waals surface area contributed by atoms with E-state index in [1.807, 2.05) is 12.3 Å². The highest BCUT2D eigenvalue weighted by molar-refractivity contribution is 5.62. The minimum absolute atomic E-state index is 0.528. The third-order valence-electron chi connectivity index (χ3n) is 5.11. The van der Waals surface area contributed by atoms with E-state index >= 15 is 0 Å². The summed E-state index contributed by atoms with van der Waals surface area (Å²) in [5.41, 5.74) is 2.17. The van der Waals surface area contributed by atoms with Crippen LogP contribution in [0.3, 0.4) is 0 Å². The Morgan fingerprint density at radius 3 is 2.67 bits per heavy atom. The number of pyridine rings is 1. The molecule has 1 N–H and O–H groups in total. The molecule has 3 saturated heterocycles. The average molecular weight is 283 g/mol. The van der Waals surface area contributed by atoms with Gasteiger partial charge in [0, 0.05) is 29.4 Å². The van der Waals surface area contributed by atoms with E-state index in [1.165, 1.54) is 25.9 Å². The highest BCUT2D eigenvalue weighted by atomic mass is 16.3. The summed E-state index contributed by atoms with van der Waals surface area (Å²) >= 11 is 0. The molecule has 2 aromatic rings. The number of furan rings is 1. The molecule has 0 aliphatic carbocycles. The number of anilines is 1. The van der Waals surface area contributed by atoms with Crippen molar-refractivity contribution in [1.29, 1.82) is 0 Å². The molecule has 3 aliphatic heterocycles. The van der Waals surface area contributed by atoms with Crippen molar-refractivity contribution in [2.45, 2.75) is 31.8 Å². The van der Waals surface area contributed by atoms with Crippen LogP contribution in [-0.4, -0.2) is 35.1 Å². The van der Waals surface area contributed by atoms with Gasteiger partial charge in [0.2, 0.25) is 0 Å². The molecule has 2 aromatic heterocycles. The molecule has 2 bridgehead atoms. The molecular formula is C17H21N3O. The van der Waals surface area contributed by atoms with Gasteiger partial charge in [-0.2, -0.15) is 0 Å². The Hall–Kier alpha value is -1.81. The molecule has 0 aromatic carbocycles. The summed E-state index contributed by atoms with van der Waals surface area (Å²) in [6.45, 7) is 4.86. The van der Waals surface area contributed by atoms with Crippen LogP contribution in [0.4, 0.5) is 5.82 Å². The molecule has 0 amide bonds. The monoisotopic (exact) mass is 283 g/mol. The molecule has 0 radical (unpaired) electrons. The van der Waals surface area contributed by atoms with Crippen LogP contribution >= 0.6 is 0 Å². The average Bonchev–Trinajstić information content (AvgIpc) is 3.06. The molecule has 4 nitrogen and oxygen atoms in total. The maximum absolute atomic E-state index is 5.12. The van der Waals surface area contributed by atoms with Gasteiger partial charge in [-0.05, 0) is 57.0 Å². The first-order chi connectivity index (χ1) is 10.3. The number of aromatic nitrogens is 1. The standard InChI is InChI=1S/C17H21N3O/c1-12-17(13-4-7-20(12)8-5-13)19-16-3-2-14(10-18-16)15-6-9-21-11-15/h2-3,6,9-13,17H,4-5,7-8H2,1H3,(H,18,19)/t12-,17+/m1/s1. The fourth-order valence-corrected chi connectivity index (χ4v) is 3.79. The van der Waals surface area contributed by atoms with Gasteiger partial charge in [0.15, 0.2) is 0 Å². The number of nitrogens with zero attached hydrogens (tertiary/aromatic N) is 2. The van der Waals surface area contributed by atoms with Crippen LogP contribution in [0.25, 0.3) is 11.1 Å². The molecule has 5 heterocycles. The second kappa shape index (κ2) is 5.19. The summed E-state index contributed by atoms with van der Waals surface area (Å²) in [5, 5.41) is 3.66. The largest absolute Gasteiger partial charge is 0.472 e. The first kappa shape index (κ1) is 12.9. The van der Waals surface area contributed by atoms with Crippen molar-refractivity contribution in [1.82, 2.24) is 9.88 Å². The first-order valence-corrected chi connectivity index (χ1v) is 7.80. The number of rotatable bonds is 3. The van der Waals surface area contributed by atoms with Crippen LogP contribution in [0.1, 0.15) is 19.8 Å². The fourth-order valence-electron chi connectivity index (χ4n) is 3.79. The summed E-state index contributed by atoms with van der Waals surface area (Å²) in [6, 6.07) is 7.27. The number of hydrogen-bond donors (Lipinski definition) is 1. The zero-order chi connectivity index (χ0) is 14.2. The van der Waals surface area contributed by atoms with E-state index in [9.17, 15) is 0 Å². The predicted molar refractivity (Wildman–Crippen MR) is 83.1 cm³/mol. The molecule has 110 valence electrons. The van der Waals surface area contributed by atoms with Crippen LogP contribution in [-0.2, 0) is 0 Å². The van der Waals surface area contributed by atoms with Crippen LogP contribution in [0, 0.1) is 5.92 Å². The molecule has 4 heteroatoms. The van der Waals surface area contributed by atoms with Gasteiger partial charge in [-0.25, -0.2) is 4.98 Å². The Morgan fingerprint density at radius 2 is 2.05 bits per heavy atom. The van der Waals surface area contributed by atoms with Crippen LogP contribution in [0.2, 0.25) is 0 Å². The Bertz CT molecular complexity index is 583. The van der Waals surface area contributed by atoms with Gasteiger partial charge in [-0.15, -0.1) is 0 Å². The van der Waals surface area contributed by atoms with E-state index in [1.54, 1.807) is 12.5 Å². The van der Waals surface area contributed by atoms with Gasteiger partial charge in [0.1, 0.15) is 5.82 Å². The lowest BCUT2D eigenvalue weighted by molar-refractivity contribution is 0.0457. The number of hydrogen-bond acceptors (Lipinski definition) is 4. The Balaban J connectivity index is 1.50. The zero-order valence-corrected chi connectivity index (χ0v) is 12.3. The lowest BCUT2D eigenvalue weighted by atomic mass is 9.79. The maximum Gasteiger partial charge on any atom is 0.126 e. The molecule has 3 fully saturated rings. The van der Waals surface area contributed by atoms with Crippen molar-refractivity contribution in [3.05, 3.63) is 36.9 Å². The van der Waals surface area contributed by atoms with Gasteiger partial charge >= 0.3 is 0 Å². The second-order valence-corrected chi connectivity index (χ2v) is 6.23. The minimum atomic E-state index is 0.528. The second-order valence-electron chi connectivity index (χ2n) is 6.23. The van der Waals surface area contributed by atoms with E-state index in [0.717, 1.165) is 22.9 Å². The van der Waals surface area contributed by atoms with E-state index in [4.69, 9.17) is 4.42 Å². The Labute approximate surface area is 125 Å². The molecular weight excluding hydrogens is 262 g/mol. The van der Waals surface area contributed by atoms with E-state index in [2.05, 4.69) is 34.3 Å². The highest BCUT2D eigenvalue weighted by Gasteiger charge is 2.39. The number of nitrogens with one attached hydrogen (secondary N) is 1. The Morgan fingerprint density at radius 1 is 1.19 bits per heavy atom. The van der Waals surface area contributed by atoms with Crippen molar-refractivity contribution in [2.24, 2.45) is 5.92 Å². The predicted octanol–water partition coefficient (Wildman–Crippen LogP) is 3.24. The lowest BCUT2D eigenvalue weighted by Gasteiger charge is -2.50. The van der Waals surface area contributed by atoms with E-state index in [0.29, 0.717) is 12.1 Å². The van der Waals surface area contributed by atoms with Crippen LogP contribution in [0.15, 0.2) is 41.3 Å². The summed E-state index contributed by atoms with van der Waals surface area (Å²) in [7, 11) is 0. The van der Waals surface area contributed by atoms with Crippen molar-refractivity contribution in [3.8, 4) is 11.1 Å². The van der Waals surface area contributed by atoms with Gasteiger partial charge in [0.05, 0.1) is 12.5 Å². The van der Waals surface area contributed by atoms with Crippen LogP contribution < -0.4 is 5.32 Å². The minimum Gasteiger partial charge on any atom is -0.472 e. The molecule has 3 aliphatic rings. The lowest BCUT2D eigenvalue weighted by Crippen LogP contribution is -2.59. The van der Waals surface area contributed by atoms with Crippen molar-refractivity contribution in [3.63, 3.8) is 0 Å². The van der Waals surface area contributed by atoms with Gasteiger partial charge < -0.3 is 9.73 Å². The molecule has 21 heavy (non-hydrogen) atoms. The molecule has 0 spiro atoms. The SMILES string of the molecule is C[C@@H]1[C@H](Nc2ccc(-c3ccoc3)cn2)C2CCN1CC2. The highest BCUT2D eigenvalue weighted by Crippen LogP contribution is 2.34. The van der Waals surface area contributed by atoms with E-state index < -0.39 is 0 Å². The maximum atomic E-state index is 5.12. The van der Waals surface area contributed by atoms with Gasteiger partial charge in [-0.1, -0.05) is 0 Å². The molecule has 0 saturated carbocycles. The number of fused-ring (bicyclic) bond motifs is 3. The fraction of sp³-hybridized carbons (Fsp3) is 0.471. The van der Waals surface area contributed by atoms with E-state index in [-0.39, 0.29) is 0 Å². The van der Waals surface area contributed by atoms with Crippen molar-refractivity contribution < 1.29 is 4.42 Å². The topological polar surface area (TPSA) is 41.3 Å². The first-order valence-electron chi connectivity index (χ1n) is 7.80. The number of piperidine rings is 3. The summed E-state index contributed by atoms with van der Waals surface area (Å²) in [6.07, 6.45) is 7.99. The Kier molecular flexibility index (Phi) is 3.19. The quantitative estimate of drug-likeness (QED) is 0.939. The van der Waals surface area contributed by atoms with Crippen LogP contribution in [0.5, 0.6) is 0 Å². The van der Waals surface area contributed by atoms with Gasteiger partial charge in [0.25, 0.3) is 0 Å². The van der Waals surface area contributed by atoms with Gasteiger partial charge in [-0.3, -0.25) is 4.90 Å². The third kappa shape index (κ3) is 2.33. The third-order valence-corrected chi connectivity index (χ3v) is 5.11. The zero-order valence-electron chi connectivity index (χ0n) is 12.3. The normalized spacial score (nSPS) is 31.3. The molecule has 0 unspecified atom stereocenters. The van der Waals surface area contributed by atoms with Crippen molar-refractivity contribution >= 4 is 5.82 Å². The summed E-state index contributed by atoms with van der Waals surface area (Å²) < 4.78 is 5.12. The molecule has 5 rings (SSSR count). The summed E-state index contributed by atoms with van der Waals surface area (Å²) in [4.78, 5) is 7.17. The van der Waals surface area contributed by atoms with Crippen molar-refractivity contribution in [2.75, 3.05) is 18.4 Å². The molecule has 2 atom stereocenters.